The van der Waals surface area contributed by atoms with E-state index in [-0.39, 0.29) is 16.8 Å². The highest BCUT2D eigenvalue weighted by atomic mass is 19.4. The van der Waals surface area contributed by atoms with Gasteiger partial charge in [0.1, 0.15) is 6.54 Å². The Bertz CT molecular complexity index is 671. The Labute approximate surface area is 140 Å². The summed E-state index contributed by atoms with van der Waals surface area (Å²) in [5.41, 5.74) is -1.98. The van der Waals surface area contributed by atoms with Crippen molar-refractivity contribution in [3.8, 4) is 12.3 Å². The zero-order valence-corrected chi connectivity index (χ0v) is 13.4. The predicted molar refractivity (Wildman–Crippen MR) is 81.1 cm³/mol. The molecule has 0 saturated carbocycles. The van der Waals surface area contributed by atoms with Gasteiger partial charge in [-0.3, -0.25) is 4.79 Å². The van der Waals surface area contributed by atoms with Crippen molar-refractivity contribution in [1.82, 2.24) is 5.32 Å². The summed E-state index contributed by atoms with van der Waals surface area (Å²) in [7, 11) is 0. The number of halogens is 6. The molecule has 0 radical (unpaired) electrons. The van der Waals surface area contributed by atoms with E-state index in [0.717, 1.165) is 18.2 Å². The van der Waals surface area contributed by atoms with Crippen LogP contribution in [0.2, 0.25) is 0 Å². The van der Waals surface area contributed by atoms with Crippen LogP contribution in [-0.4, -0.2) is 30.3 Å². The first-order valence-corrected chi connectivity index (χ1v) is 7.03. The fourth-order valence-electron chi connectivity index (χ4n) is 1.86. The Morgan fingerprint density at radius 3 is 2.20 bits per heavy atom. The second-order valence-corrected chi connectivity index (χ2v) is 5.86. The highest BCUT2D eigenvalue weighted by molar-refractivity contribution is 6.00. The highest BCUT2D eigenvalue weighted by Gasteiger charge is 2.30. The SMILES string of the molecule is C#CC(C)(C)NC(=O)c1cc(CC(F)(F)F)ccc1NCC(F)(F)F. The zero-order chi connectivity index (χ0) is 19.5. The summed E-state index contributed by atoms with van der Waals surface area (Å²) < 4.78 is 74.6. The van der Waals surface area contributed by atoms with Gasteiger partial charge in [0.2, 0.25) is 0 Å². The van der Waals surface area contributed by atoms with Gasteiger partial charge in [-0.2, -0.15) is 26.3 Å². The smallest absolute Gasteiger partial charge is 0.376 e. The van der Waals surface area contributed by atoms with Gasteiger partial charge < -0.3 is 10.6 Å². The Morgan fingerprint density at radius 1 is 1.12 bits per heavy atom. The fraction of sp³-hybridized carbons (Fsp3) is 0.438. The summed E-state index contributed by atoms with van der Waals surface area (Å²) in [5, 5.41) is 4.38. The van der Waals surface area contributed by atoms with Crippen LogP contribution >= 0.6 is 0 Å². The van der Waals surface area contributed by atoms with Crippen molar-refractivity contribution in [2.45, 2.75) is 38.2 Å². The van der Waals surface area contributed by atoms with Crippen LogP contribution in [0.15, 0.2) is 18.2 Å². The minimum Gasteiger partial charge on any atom is -0.376 e. The lowest BCUT2D eigenvalue weighted by molar-refractivity contribution is -0.127. The van der Waals surface area contributed by atoms with Crippen molar-refractivity contribution in [1.29, 1.82) is 0 Å². The number of alkyl halides is 6. The Kier molecular flexibility index (Phi) is 6.00. The van der Waals surface area contributed by atoms with Gasteiger partial charge >= 0.3 is 12.4 Å². The van der Waals surface area contributed by atoms with Crippen LogP contribution in [0.1, 0.15) is 29.8 Å². The monoisotopic (exact) mass is 366 g/mol. The number of amides is 1. The van der Waals surface area contributed by atoms with Gasteiger partial charge in [-0.15, -0.1) is 6.42 Å². The number of anilines is 1. The van der Waals surface area contributed by atoms with Crippen molar-refractivity contribution in [3.05, 3.63) is 29.3 Å². The molecular weight excluding hydrogens is 350 g/mol. The van der Waals surface area contributed by atoms with Gasteiger partial charge in [0, 0.05) is 5.69 Å². The second-order valence-electron chi connectivity index (χ2n) is 5.86. The summed E-state index contributed by atoms with van der Waals surface area (Å²) in [4.78, 5) is 12.3. The van der Waals surface area contributed by atoms with Gasteiger partial charge in [0.15, 0.2) is 0 Å². The second kappa shape index (κ2) is 7.25. The van der Waals surface area contributed by atoms with Crippen LogP contribution in [0.3, 0.4) is 0 Å². The molecule has 1 rings (SSSR count). The van der Waals surface area contributed by atoms with Crippen molar-refractivity contribution >= 4 is 11.6 Å². The molecule has 0 saturated heterocycles. The van der Waals surface area contributed by atoms with Gasteiger partial charge in [0.05, 0.1) is 17.5 Å². The van der Waals surface area contributed by atoms with E-state index in [2.05, 4.69) is 11.2 Å². The van der Waals surface area contributed by atoms with Gasteiger partial charge in [0.25, 0.3) is 5.91 Å². The molecule has 0 aliphatic heterocycles. The van der Waals surface area contributed by atoms with E-state index in [1.165, 1.54) is 13.8 Å². The number of carbonyl (C=O) groups is 1. The minimum atomic E-state index is -4.56. The van der Waals surface area contributed by atoms with Gasteiger partial charge in [-0.05, 0) is 31.5 Å². The van der Waals surface area contributed by atoms with E-state index < -0.39 is 36.8 Å². The Hall–Kier alpha value is -2.37. The first kappa shape index (κ1) is 20.7. The van der Waals surface area contributed by atoms with E-state index in [0.29, 0.717) is 0 Å². The number of nitrogens with one attached hydrogen (secondary N) is 2. The molecule has 0 heterocycles. The number of benzene rings is 1. The topological polar surface area (TPSA) is 41.1 Å². The molecule has 0 aliphatic carbocycles. The molecule has 0 aromatic heterocycles. The van der Waals surface area contributed by atoms with E-state index >= 15 is 0 Å². The first-order chi connectivity index (χ1) is 11.2. The maximum Gasteiger partial charge on any atom is 0.405 e. The maximum atomic E-state index is 12.5. The average molecular weight is 366 g/mol. The van der Waals surface area contributed by atoms with Crippen LogP contribution in [-0.2, 0) is 6.42 Å². The van der Waals surface area contributed by atoms with Gasteiger partial charge in [-0.25, -0.2) is 0 Å². The molecule has 9 heteroatoms. The molecule has 2 N–H and O–H groups in total. The van der Waals surface area contributed by atoms with Crippen LogP contribution < -0.4 is 10.6 Å². The zero-order valence-electron chi connectivity index (χ0n) is 13.4. The molecule has 3 nitrogen and oxygen atoms in total. The number of hydrogen-bond acceptors (Lipinski definition) is 2. The molecule has 0 bridgehead atoms. The van der Waals surface area contributed by atoms with Crippen LogP contribution in [0.4, 0.5) is 32.0 Å². The van der Waals surface area contributed by atoms with Crippen molar-refractivity contribution < 1.29 is 31.1 Å². The fourth-order valence-corrected chi connectivity index (χ4v) is 1.86. The average Bonchev–Trinajstić information content (AvgIpc) is 2.42. The lowest BCUT2D eigenvalue weighted by Gasteiger charge is -2.22. The summed E-state index contributed by atoms with van der Waals surface area (Å²) in [6.45, 7) is 1.49. The molecule has 1 amide bonds. The standard InChI is InChI=1S/C16H16F6N2O/c1-4-14(2,3)24-13(25)11-7-10(8-15(17,18)19)5-6-12(11)23-9-16(20,21)22/h1,5-7,23H,8-9H2,2-3H3,(H,24,25). The van der Waals surface area contributed by atoms with Crippen molar-refractivity contribution in [3.63, 3.8) is 0 Å². The summed E-state index contributed by atoms with van der Waals surface area (Å²) in [6.07, 6.45) is -5.17. The summed E-state index contributed by atoms with van der Waals surface area (Å²) >= 11 is 0. The van der Waals surface area contributed by atoms with E-state index in [9.17, 15) is 31.1 Å². The minimum absolute atomic E-state index is 0.242. The number of hydrogen-bond donors (Lipinski definition) is 2. The molecule has 0 unspecified atom stereocenters. The normalized spacial score (nSPS) is 12.4. The number of carbonyl (C=O) groups excluding carboxylic acids is 1. The molecule has 1 aromatic rings. The van der Waals surface area contributed by atoms with E-state index in [1.807, 2.05) is 5.32 Å². The van der Waals surface area contributed by atoms with Crippen molar-refractivity contribution in [2.24, 2.45) is 0 Å². The lowest BCUT2D eigenvalue weighted by Crippen LogP contribution is -2.42. The quantitative estimate of drug-likeness (QED) is 0.613. The third-order valence-electron chi connectivity index (χ3n) is 3.00. The Balaban J connectivity index is 3.19. The summed E-state index contributed by atoms with van der Waals surface area (Å²) in [5.74, 6) is 1.38. The Morgan fingerprint density at radius 2 is 1.72 bits per heavy atom. The van der Waals surface area contributed by atoms with E-state index in [4.69, 9.17) is 6.42 Å². The largest absolute Gasteiger partial charge is 0.405 e. The van der Waals surface area contributed by atoms with Crippen LogP contribution in [0.5, 0.6) is 0 Å². The highest BCUT2D eigenvalue weighted by Crippen LogP contribution is 2.26. The maximum absolute atomic E-state index is 12.5. The van der Waals surface area contributed by atoms with Gasteiger partial charge in [-0.1, -0.05) is 12.0 Å². The first-order valence-electron chi connectivity index (χ1n) is 7.03. The molecule has 1 aromatic carbocycles. The number of rotatable bonds is 5. The summed E-state index contributed by atoms with van der Waals surface area (Å²) in [6, 6.07) is 2.91. The molecule has 0 spiro atoms. The van der Waals surface area contributed by atoms with Crippen molar-refractivity contribution in [2.75, 3.05) is 11.9 Å². The predicted octanol–water partition coefficient (Wildman–Crippen LogP) is 3.91. The molecule has 138 valence electrons. The van der Waals surface area contributed by atoms with Crippen LogP contribution in [0, 0.1) is 12.3 Å². The number of terminal acetylenes is 1. The third-order valence-corrected chi connectivity index (χ3v) is 3.00. The molecule has 25 heavy (non-hydrogen) atoms. The van der Waals surface area contributed by atoms with Crippen LogP contribution in [0.25, 0.3) is 0 Å². The molecule has 0 atom stereocenters. The lowest BCUT2D eigenvalue weighted by atomic mass is 10.0. The van der Waals surface area contributed by atoms with E-state index in [1.54, 1.807) is 0 Å². The third kappa shape index (κ3) is 7.37. The molecular formula is C16H16F6N2O. The molecule has 0 fully saturated rings. The molecule has 0 aliphatic rings.